The van der Waals surface area contributed by atoms with Crippen molar-refractivity contribution in [1.29, 1.82) is 0 Å². The maximum atomic E-state index is 11.7. The summed E-state index contributed by atoms with van der Waals surface area (Å²) in [6.07, 6.45) is 0. The lowest BCUT2D eigenvalue weighted by molar-refractivity contribution is -0.141. The van der Waals surface area contributed by atoms with Crippen molar-refractivity contribution in [2.24, 2.45) is 5.92 Å². The number of hydrogen-bond donors (Lipinski definition) is 1. The lowest BCUT2D eigenvalue weighted by Crippen LogP contribution is -2.23. The number of rotatable bonds is 4. The van der Waals surface area contributed by atoms with Gasteiger partial charge in [-0.15, -0.1) is 0 Å². The smallest absolute Gasteiger partial charge is 0.308 e. The average molecular weight is 310 g/mol. The lowest BCUT2D eigenvalue weighted by atomic mass is 9.86. The number of nitrogens with zero attached hydrogens (tertiary/aromatic N) is 2. The van der Waals surface area contributed by atoms with Crippen LogP contribution in [0.2, 0.25) is 0 Å². The summed E-state index contributed by atoms with van der Waals surface area (Å²) in [5, 5.41) is 9.62. The summed E-state index contributed by atoms with van der Waals surface area (Å²) in [6.45, 7) is 6.07. The molecule has 1 saturated heterocycles. The van der Waals surface area contributed by atoms with Crippen LogP contribution in [0.4, 0.5) is 0 Å². The van der Waals surface area contributed by atoms with E-state index in [0.717, 1.165) is 23.5 Å². The Morgan fingerprint density at radius 1 is 1.17 bits per heavy atom. The van der Waals surface area contributed by atoms with E-state index in [1.807, 2.05) is 37.3 Å². The van der Waals surface area contributed by atoms with Gasteiger partial charge in [0.2, 0.25) is 0 Å². The molecule has 23 heavy (non-hydrogen) atoms. The van der Waals surface area contributed by atoms with Crippen molar-refractivity contribution in [3.05, 3.63) is 65.0 Å². The molecule has 1 N–H and O–H groups in total. The van der Waals surface area contributed by atoms with Crippen molar-refractivity contribution in [1.82, 2.24) is 9.88 Å². The van der Waals surface area contributed by atoms with Crippen LogP contribution in [0, 0.1) is 19.8 Å². The van der Waals surface area contributed by atoms with Crippen molar-refractivity contribution in [2.45, 2.75) is 26.3 Å². The van der Waals surface area contributed by atoms with Crippen LogP contribution < -0.4 is 0 Å². The number of carboxylic acid groups (broad SMARTS) is 1. The normalized spacial score (nSPS) is 21.5. The molecule has 1 aliphatic rings. The van der Waals surface area contributed by atoms with Crippen LogP contribution in [-0.4, -0.2) is 34.0 Å². The van der Waals surface area contributed by atoms with Crippen LogP contribution in [0.25, 0.3) is 0 Å². The monoisotopic (exact) mass is 310 g/mol. The number of carboxylic acids is 1. The van der Waals surface area contributed by atoms with Gasteiger partial charge in [-0.25, -0.2) is 0 Å². The second-order valence-corrected chi connectivity index (χ2v) is 6.37. The molecule has 0 unspecified atom stereocenters. The summed E-state index contributed by atoms with van der Waals surface area (Å²) in [5.41, 5.74) is 4.31. The molecule has 0 aliphatic carbocycles. The molecule has 3 rings (SSSR count). The highest BCUT2D eigenvalue weighted by molar-refractivity contribution is 5.72. The molecule has 0 spiro atoms. The Bertz CT molecular complexity index is 714. The number of benzene rings is 1. The van der Waals surface area contributed by atoms with E-state index in [4.69, 9.17) is 0 Å². The van der Waals surface area contributed by atoms with Gasteiger partial charge in [0.25, 0.3) is 0 Å². The minimum Gasteiger partial charge on any atom is -0.481 e. The number of likely N-dealkylation sites (tertiary alicyclic amines) is 1. The van der Waals surface area contributed by atoms with E-state index < -0.39 is 5.97 Å². The first-order valence-corrected chi connectivity index (χ1v) is 7.98. The Kier molecular flexibility index (Phi) is 4.44. The number of aliphatic carboxylic acids is 1. The Balaban J connectivity index is 1.81. The van der Waals surface area contributed by atoms with E-state index in [9.17, 15) is 9.90 Å². The lowest BCUT2D eigenvalue weighted by Gasteiger charge is -2.18. The number of aryl methyl sites for hydroxylation is 2. The quantitative estimate of drug-likeness (QED) is 0.943. The van der Waals surface area contributed by atoms with Crippen LogP contribution in [0.3, 0.4) is 0 Å². The van der Waals surface area contributed by atoms with Gasteiger partial charge in [-0.1, -0.05) is 30.3 Å². The molecular formula is C19H22N2O2. The first-order chi connectivity index (χ1) is 11.0. The predicted octanol–water partition coefficient (Wildman–Crippen LogP) is 3.00. The molecule has 120 valence electrons. The standard InChI is InChI=1S/C19H22N2O2/c1-13-6-3-4-9-16(13)17-11-21(12-18(17)19(22)23)10-15-8-5-7-14(2)20-15/h3-9,17-18H,10-12H2,1-2H3,(H,22,23)/t17-,18+/m0/s1. The molecule has 0 saturated carbocycles. The van der Waals surface area contributed by atoms with Gasteiger partial charge in [-0.3, -0.25) is 14.7 Å². The Morgan fingerprint density at radius 2 is 1.96 bits per heavy atom. The van der Waals surface area contributed by atoms with Crippen molar-refractivity contribution in [2.75, 3.05) is 13.1 Å². The number of aromatic nitrogens is 1. The van der Waals surface area contributed by atoms with Crippen LogP contribution in [0.5, 0.6) is 0 Å². The average Bonchev–Trinajstić information content (AvgIpc) is 2.91. The third-order valence-electron chi connectivity index (χ3n) is 4.63. The summed E-state index contributed by atoms with van der Waals surface area (Å²) in [7, 11) is 0. The first kappa shape index (κ1) is 15.7. The van der Waals surface area contributed by atoms with Gasteiger partial charge in [0.1, 0.15) is 0 Å². The fraction of sp³-hybridized carbons (Fsp3) is 0.368. The first-order valence-electron chi connectivity index (χ1n) is 7.98. The molecule has 4 heteroatoms. The number of carbonyl (C=O) groups is 1. The van der Waals surface area contributed by atoms with Gasteiger partial charge in [0, 0.05) is 31.2 Å². The molecule has 2 atom stereocenters. The second-order valence-electron chi connectivity index (χ2n) is 6.37. The summed E-state index contributed by atoms with van der Waals surface area (Å²) in [6, 6.07) is 14.1. The molecule has 1 fully saturated rings. The van der Waals surface area contributed by atoms with Crippen molar-refractivity contribution in [3.63, 3.8) is 0 Å². The van der Waals surface area contributed by atoms with E-state index >= 15 is 0 Å². The third-order valence-corrected chi connectivity index (χ3v) is 4.63. The Morgan fingerprint density at radius 3 is 2.65 bits per heavy atom. The van der Waals surface area contributed by atoms with Crippen molar-refractivity contribution < 1.29 is 9.90 Å². The molecule has 1 aliphatic heterocycles. The van der Waals surface area contributed by atoms with Crippen LogP contribution >= 0.6 is 0 Å². The van der Waals surface area contributed by atoms with Crippen molar-refractivity contribution >= 4 is 5.97 Å². The zero-order valence-electron chi connectivity index (χ0n) is 13.6. The van der Waals surface area contributed by atoms with E-state index in [-0.39, 0.29) is 11.8 Å². The van der Waals surface area contributed by atoms with Gasteiger partial charge in [0.05, 0.1) is 11.6 Å². The zero-order valence-corrected chi connectivity index (χ0v) is 13.6. The fourth-order valence-corrected chi connectivity index (χ4v) is 3.50. The van der Waals surface area contributed by atoms with Crippen molar-refractivity contribution in [3.8, 4) is 0 Å². The van der Waals surface area contributed by atoms with E-state index in [2.05, 4.69) is 28.9 Å². The van der Waals surface area contributed by atoms with Gasteiger partial charge in [0.15, 0.2) is 0 Å². The van der Waals surface area contributed by atoms with Crippen LogP contribution in [0.1, 0.15) is 28.4 Å². The van der Waals surface area contributed by atoms with Gasteiger partial charge < -0.3 is 5.11 Å². The topological polar surface area (TPSA) is 53.4 Å². The molecule has 1 aromatic heterocycles. The van der Waals surface area contributed by atoms with E-state index in [1.54, 1.807) is 0 Å². The number of pyridine rings is 1. The summed E-state index contributed by atoms with van der Waals surface area (Å²) >= 11 is 0. The molecule has 4 nitrogen and oxygen atoms in total. The number of hydrogen-bond acceptors (Lipinski definition) is 3. The third kappa shape index (κ3) is 3.42. The Hall–Kier alpha value is -2.20. The highest BCUT2D eigenvalue weighted by Gasteiger charge is 2.39. The van der Waals surface area contributed by atoms with Crippen LogP contribution in [-0.2, 0) is 11.3 Å². The van der Waals surface area contributed by atoms with Gasteiger partial charge >= 0.3 is 5.97 Å². The largest absolute Gasteiger partial charge is 0.481 e. The highest BCUT2D eigenvalue weighted by atomic mass is 16.4. The molecule has 0 amide bonds. The van der Waals surface area contributed by atoms with E-state index in [0.29, 0.717) is 13.1 Å². The Labute approximate surface area is 136 Å². The predicted molar refractivity (Wildman–Crippen MR) is 89.3 cm³/mol. The van der Waals surface area contributed by atoms with E-state index in [1.165, 1.54) is 5.56 Å². The maximum Gasteiger partial charge on any atom is 0.308 e. The summed E-state index contributed by atoms with van der Waals surface area (Å²) < 4.78 is 0. The van der Waals surface area contributed by atoms with Crippen LogP contribution in [0.15, 0.2) is 42.5 Å². The summed E-state index contributed by atoms with van der Waals surface area (Å²) in [4.78, 5) is 18.4. The second kappa shape index (κ2) is 6.50. The molecule has 2 aromatic rings. The fourth-order valence-electron chi connectivity index (χ4n) is 3.50. The minimum atomic E-state index is -0.710. The SMILES string of the molecule is Cc1cccc(CN2C[C@@H](C(=O)O)[C@H](c3ccccc3C)C2)n1. The molecule has 2 heterocycles. The van der Waals surface area contributed by atoms with Gasteiger partial charge in [-0.2, -0.15) is 0 Å². The minimum absolute atomic E-state index is 0.0403. The molecule has 1 aromatic carbocycles. The maximum absolute atomic E-state index is 11.7. The molecule has 0 bridgehead atoms. The highest BCUT2D eigenvalue weighted by Crippen LogP contribution is 2.35. The molecule has 0 radical (unpaired) electrons. The zero-order chi connectivity index (χ0) is 16.4. The molecular weight excluding hydrogens is 288 g/mol. The van der Waals surface area contributed by atoms with Gasteiger partial charge in [-0.05, 0) is 37.1 Å². The summed E-state index contributed by atoms with van der Waals surface area (Å²) in [5.74, 6) is -1.03.